The quantitative estimate of drug-likeness (QED) is 0.309. The molecule has 1 aromatic carbocycles. The van der Waals surface area contributed by atoms with E-state index in [4.69, 9.17) is 5.73 Å². The van der Waals surface area contributed by atoms with Crippen LogP contribution in [0.15, 0.2) is 29.0 Å². The number of carbonyl (C=O) groups is 3. The zero-order valence-electron chi connectivity index (χ0n) is 22.4. The third-order valence-corrected chi connectivity index (χ3v) is 8.73. The van der Waals surface area contributed by atoms with Crippen molar-refractivity contribution in [3.8, 4) is 5.75 Å². The molecule has 3 aliphatic rings. The molecule has 206 valence electrons. The van der Waals surface area contributed by atoms with Crippen LogP contribution in [0, 0.1) is 11.8 Å². The van der Waals surface area contributed by atoms with Gasteiger partial charge in [-0.2, -0.15) is 0 Å². The zero-order chi connectivity index (χ0) is 28.6. The molecule has 0 heterocycles. The molecule has 1 amide bonds. The van der Waals surface area contributed by atoms with Gasteiger partial charge in [-0.15, -0.1) is 0 Å². The van der Waals surface area contributed by atoms with Gasteiger partial charge in [0.2, 0.25) is 5.78 Å². The molecule has 3 aliphatic carbocycles. The fraction of sp³-hybridized carbons (Fsp3) is 0.536. The number of ketones is 2. The number of primary amides is 1. The van der Waals surface area contributed by atoms with Gasteiger partial charge in [-0.05, 0) is 37.4 Å². The summed E-state index contributed by atoms with van der Waals surface area (Å²) < 4.78 is 0. The van der Waals surface area contributed by atoms with Crippen LogP contribution in [0.5, 0.6) is 5.75 Å². The predicted molar refractivity (Wildman–Crippen MR) is 138 cm³/mol. The molecule has 6 atom stereocenters. The summed E-state index contributed by atoms with van der Waals surface area (Å²) in [5.74, 6) is -8.79. The van der Waals surface area contributed by atoms with Crippen molar-refractivity contribution in [3.63, 3.8) is 0 Å². The van der Waals surface area contributed by atoms with Gasteiger partial charge in [0.15, 0.2) is 11.4 Å². The molecule has 0 bridgehead atoms. The van der Waals surface area contributed by atoms with Crippen LogP contribution in [0.2, 0.25) is 0 Å². The molecule has 1 saturated carbocycles. The SMILES string of the molecule is CCCC(C)(C)c1ccc2c(c1O)C(O)=C1C(=O)[C@]3(O)C(O)=C(C(N)=O)C(=O)[C@@H](N(C)C)C3C(O)C1C2C. The third-order valence-electron chi connectivity index (χ3n) is 8.73. The minimum atomic E-state index is -2.92. The van der Waals surface area contributed by atoms with E-state index < -0.39 is 75.5 Å². The number of aliphatic hydroxyl groups is 4. The summed E-state index contributed by atoms with van der Waals surface area (Å²) in [6.45, 7) is 7.63. The number of hydrogen-bond donors (Lipinski definition) is 6. The van der Waals surface area contributed by atoms with Crippen molar-refractivity contribution in [1.82, 2.24) is 4.90 Å². The monoisotopic (exact) mass is 528 g/mol. The fourth-order valence-electron chi connectivity index (χ4n) is 6.92. The molecule has 38 heavy (non-hydrogen) atoms. The Balaban J connectivity index is 2.03. The number of Topliss-reactive ketones (excluding diaryl/α,β-unsaturated/α-hetero) is 2. The highest BCUT2D eigenvalue weighted by atomic mass is 16.4. The first-order valence-electron chi connectivity index (χ1n) is 12.7. The minimum absolute atomic E-state index is 0.0164. The summed E-state index contributed by atoms with van der Waals surface area (Å²) in [5, 5.41) is 57.2. The highest BCUT2D eigenvalue weighted by Gasteiger charge is 2.68. The number of aliphatic hydroxyl groups excluding tert-OH is 3. The second-order valence-corrected chi connectivity index (χ2v) is 11.6. The van der Waals surface area contributed by atoms with E-state index in [9.17, 15) is 39.9 Å². The largest absolute Gasteiger partial charge is 0.508 e. The third kappa shape index (κ3) is 3.47. The van der Waals surface area contributed by atoms with E-state index in [-0.39, 0.29) is 16.9 Å². The minimum Gasteiger partial charge on any atom is -0.508 e. The number of benzene rings is 1. The molecule has 4 rings (SSSR count). The highest BCUT2D eigenvalue weighted by Crippen LogP contribution is 2.57. The molecule has 0 spiro atoms. The van der Waals surface area contributed by atoms with Crippen molar-refractivity contribution < 1.29 is 39.9 Å². The Morgan fingerprint density at radius 3 is 2.29 bits per heavy atom. The number of phenolic OH excluding ortho intramolecular Hbond substituents is 1. The number of nitrogens with zero attached hydrogens (tertiary/aromatic N) is 1. The molecule has 0 radical (unpaired) electrons. The Morgan fingerprint density at radius 2 is 1.76 bits per heavy atom. The van der Waals surface area contributed by atoms with Crippen LogP contribution in [-0.2, 0) is 19.8 Å². The lowest BCUT2D eigenvalue weighted by molar-refractivity contribution is -0.169. The van der Waals surface area contributed by atoms with Crippen LogP contribution in [0.1, 0.15) is 63.1 Å². The van der Waals surface area contributed by atoms with Gasteiger partial charge in [-0.25, -0.2) is 0 Å². The number of phenols is 1. The average Bonchev–Trinajstić information content (AvgIpc) is 2.80. The van der Waals surface area contributed by atoms with E-state index in [2.05, 4.69) is 0 Å². The number of carbonyl (C=O) groups excluding carboxylic acids is 3. The summed E-state index contributed by atoms with van der Waals surface area (Å²) in [6, 6.07) is 2.14. The summed E-state index contributed by atoms with van der Waals surface area (Å²) in [6.07, 6.45) is -0.0276. The maximum Gasteiger partial charge on any atom is 0.255 e. The lowest BCUT2D eigenvalue weighted by atomic mass is 9.54. The van der Waals surface area contributed by atoms with Crippen molar-refractivity contribution in [2.75, 3.05) is 14.1 Å². The summed E-state index contributed by atoms with van der Waals surface area (Å²) in [5.41, 5.74) is 1.71. The number of likely N-dealkylation sites (N-methyl/N-ethyl adjacent to an activating group) is 1. The van der Waals surface area contributed by atoms with Crippen molar-refractivity contribution in [2.45, 2.75) is 69.6 Å². The first kappa shape index (κ1) is 27.8. The number of hydrogen-bond acceptors (Lipinski definition) is 9. The standard InChI is InChI=1S/C28H36N2O8/c1-7-10-27(3,4)13-9-8-12-11(2)14-16(21(32)15(12)20(13)31)24(35)28(38)18(22(14)33)19(30(5)6)23(34)17(25(28)36)26(29)37/h8-9,11,14,18-19,22,31-33,36,38H,7,10H2,1-6H3,(H2,29,37)/t11?,14?,18?,19-,22?,28-/m0/s1. The number of rotatable bonds is 5. The summed E-state index contributed by atoms with van der Waals surface area (Å²) >= 11 is 0. The Morgan fingerprint density at radius 1 is 1.16 bits per heavy atom. The smallest absolute Gasteiger partial charge is 0.255 e. The maximum atomic E-state index is 14.0. The normalized spacial score (nSPS) is 31.3. The predicted octanol–water partition coefficient (Wildman–Crippen LogP) is 1.57. The number of fused-ring (bicyclic) bond motifs is 3. The lowest BCUT2D eigenvalue weighted by Gasteiger charge is -2.53. The van der Waals surface area contributed by atoms with Gasteiger partial charge < -0.3 is 31.3 Å². The average molecular weight is 529 g/mol. The van der Waals surface area contributed by atoms with Gasteiger partial charge in [0.1, 0.15) is 22.8 Å². The van der Waals surface area contributed by atoms with Crippen molar-refractivity contribution in [3.05, 3.63) is 45.7 Å². The van der Waals surface area contributed by atoms with Gasteiger partial charge in [-0.3, -0.25) is 19.3 Å². The number of aromatic hydroxyl groups is 1. The Kier molecular flexibility index (Phi) is 6.54. The molecule has 1 aromatic rings. The molecule has 10 nitrogen and oxygen atoms in total. The molecule has 0 saturated heterocycles. The Hall–Kier alpha value is -3.21. The van der Waals surface area contributed by atoms with Crippen LogP contribution >= 0.6 is 0 Å². The molecule has 10 heteroatoms. The van der Waals surface area contributed by atoms with Crippen molar-refractivity contribution >= 4 is 23.2 Å². The van der Waals surface area contributed by atoms with E-state index in [1.165, 1.54) is 19.0 Å². The van der Waals surface area contributed by atoms with Crippen LogP contribution in [0.4, 0.5) is 0 Å². The van der Waals surface area contributed by atoms with Gasteiger partial charge in [0, 0.05) is 17.1 Å². The van der Waals surface area contributed by atoms with E-state index in [1.807, 2.05) is 20.8 Å². The van der Waals surface area contributed by atoms with Gasteiger partial charge in [0.25, 0.3) is 5.91 Å². The topological polar surface area (TPSA) is 182 Å². The first-order valence-corrected chi connectivity index (χ1v) is 12.7. The van der Waals surface area contributed by atoms with Crippen LogP contribution in [-0.4, -0.2) is 79.7 Å². The van der Waals surface area contributed by atoms with Gasteiger partial charge in [0.05, 0.1) is 23.6 Å². The Labute approximate surface area is 221 Å². The van der Waals surface area contributed by atoms with Gasteiger partial charge >= 0.3 is 0 Å². The second-order valence-electron chi connectivity index (χ2n) is 11.6. The van der Waals surface area contributed by atoms with E-state index in [0.29, 0.717) is 11.1 Å². The molecule has 0 aromatic heterocycles. The molecule has 0 aliphatic heterocycles. The summed E-state index contributed by atoms with van der Waals surface area (Å²) in [4.78, 5) is 40.7. The molecular weight excluding hydrogens is 492 g/mol. The first-order chi connectivity index (χ1) is 17.5. The van der Waals surface area contributed by atoms with Crippen LogP contribution in [0.25, 0.3) is 5.76 Å². The maximum absolute atomic E-state index is 14.0. The fourth-order valence-corrected chi connectivity index (χ4v) is 6.92. The van der Waals surface area contributed by atoms with Crippen molar-refractivity contribution in [2.24, 2.45) is 17.6 Å². The molecule has 1 fully saturated rings. The zero-order valence-corrected chi connectivity index (χ0v) is 22.4. The van der Waals surface area contributed by atoms with E-state index >= 15 is 0 Å². The van der Waals surface area contributed by atoms with Crippen molar-refractivity contribution in [1.29, 1.82) is 0 Å². The van der Waals surface area contributed by atoms with Crippen LogP contribution < -0.4 is 5.73 Å². The van der Waals surface area contributed by atoms with Crippen LogP contribution in [0.3, 0.4) is 0 Å². The molecule has 7 N–H and O–H groups in total. The van der Waals surface area contributed by atoms with E-state index in [1.54, 1.807) is 19.1 Å². The Bertz CT molecular complexity index is 1310. The lowest BCUT2D eigenvalue weighted by Crippen LogP contribution is -2.70. The summed E-state index contributed by atoms with van der Waals surface area (Å²) in [7, 11) is 2.95. The number of nitrogens with two attached hydrogens (primary N) is 1. The van der Waals surface area contributed by atoms with E-state index in [0.717, 1.165) is 12.8 Å². The molecule has 4 unspecified atom stereocenters. The van der Waals surface area contributed by atoms with Gasteiger partial charge in [-0.1, -0.05) is 46.2 Å². The highest BCUT2D eigenvalue weighted by molar-refractivity contribution is 6.24. The molecular formula is C28H36N2O8. The number of amides is 1. The second kappa shape index (κ2) is 8.93.